The average molecular weight is 291 g/mol. The van der Waals surface area contributed by atoms with Gasteiger partial charge in [0.05, 0.1) is 12.2 Å². The minimum absolute atomic E-state index is 0.136. The second kappa shape index (κ2) is 6.80. The van der Waals surface area contributed by atoms with Crippen molar-refractivity contribution >= 4 is 0 Å². The predicted molar refractivity (Wildman–Crippen MR) is 86.3 cm³/mol. The van der Waals surface area contributed by atoms with E-state index in [0.717, 1.165) is 42.9 Å². The summed E-state index contributed by atoms with van der Waals surface area (Å²) >= 11 is 0. The third-order valence-corrected chi connectivity index (χ3v) is 4.80. The molecule has 1 aromatic rings. The van der Waals surface area contributed by atoms with Gasteiger partial charge in [0.15, 0.2) is 0 Å². The summed E-state index contributed by atoms with van der Waals surface area (Å²) in [6, 6.07) is 7.83. The zero-order valence-corrected chi connectivity index (χ0v) is 13.5. The summed E-state index contributed by atoms with van der Waals surface area (Å²) in [6.45, 7) is 6.83. The first-order valence-corrected chi connectivity index (χ1v) is 8.11. The minimum Gasteiger partial charge on any atom is -0.491 e. The highest BCUT2D eigenvalue weighted by molar-refractivity contribution is 5.31. The molecule has 0 amide bonds. The van der Waals surface area contributed by atoms with Crippen LogP contribution in [0.2, 0.25) is 0 Å². The van der Waals surface area contributed by atoms with Crippen molar-refractivity contribution in [2.45, 2.75) is 58.7 Å². The van der Waals surface area contributed by atoms with E-state index in [1.165, 1.54) is 0 Å². The summed E-state index contributed by atoms with van der Waals surface area (Å²) in [5.74, 6) is 1.56. The lowest BCUT2D eigenvalue weighted by atomic mass is 9.66. The van der Waals surface area contributed by atoms with Crippen LogP contribution in [0.5, 0.6) is 5.75 Å². The first-order chi connectivity index (χ1) is 9.97. The zero-order valence-electron chi connectivity index (χ0n) is 13.5. The summed E-state index contributed by atoms with van der Waals surface area (Å²) in [5, 5.41) is 10.9. The molecule has 3 nitrogen and oxygen atoms in total. The molecule has 1 aliphatic rings. The van der Waals surface area contributed by atoms with E-state index in [9.17, 15) is 5.11 Å². The number of aliphatic hydroxyl groups is 1. The molecule has 118 valence electrons. The van der Waals surface area contributed by atoms with Crippen molar-refractivity contribution in [3.05, 3.63) is 29.8 Å². The first kappa shape index (κ1) is 16.3. The molecule has 1 aromatic carbocycles. The average Bonchev–Trinajstić information content (AvgIpc) is 2.47. The molecule has 3 N–H and O–H groups in total. The molecule has 1 unspecified atom stereocenters. The van der Waals surface area contributed by atoms with Crippen molar-refractivity contribution < 1.29 is 9.84 Å². The Morgan fingerprint density at radius 1 is 1.33 bits per heavy atom. The van der Waals surface area contributed by atoms with Gasteiger partial charge in [-0.05, 0) is 50.3 Å². The summed E-state index contributed by atoms with van der Waals surface area (Å²) in [5.41, 5.74) is 6.80. The molecule has 0 aromatic heterocycles. The van der Waals surface area contributed by atoms with Crippen LogP contribution in [-0.2, 0) is 0 Å². The predicted octanol–water partition coefficient (Wildman–Crippen LogP) is 3.66. The lowest BCUT2D eigenvalue weighted by Gasteiger charge is -2.42. The quantitative estimate of drug-likeness (QED) is 0.870. The van der Waals surface area contributed by atoms with Crippen LogP contribution in [0, 0.1) is 11.3 Å². The summed E-state index contributed by atoms with van der Waals surface area (Å²) in [7, 11) is 0. The molecule has 2 rings (SSSR count). The molecule has 0 saturated heterocycles. The second-order valence-electron chi connectivity index (χ2n) is 6.89. The minimum atomic E-state index is -0.509. The van der Waals surface area contributed by atoms with Crippen molar-refractivity contribution in [1.82, 2.24) is 0 Å². The first-order valence-electron chi connectivity index (χ1n) is 8.11. The maximum absolute atomic E-state index is 10.9. The van der Waals surface area contributed by atoms with Crippen LogP contribution < -0.4 is 10.5 Å². The molecule has 1 fully saturated rings. The van der Waals surface area contributed by atoms with Crippen LogP contribution in [0.25, 0.3) is 0 Å². The van der Waals surface area contributed by atoms with Crippen molar-refractivity contribution in [1.29, 1.82) is 0 Å². The van der Waals surface area contributed by atoms with Crippen molar-refractivity contribution in [2.24, 2.45) is 17.1 Å². The molecular weight excluding hydrogens is 262 g/mol. The van der Waals surface area contributed by atoms with Gasteiger partial charge >= 0.3 is 0 Å². The second-order valence-corrected chi connectivity index (χ2v) is 6.89. The Morgan fingerprint density at radius 3 is 2.57 bits per heavy atom. The smallest absolute Gasteiger partial charge is 0.120 e. The summed E-state index contributed by atoms with van der Waals surface area (Å²) < 4.78 is 5.73. The van der Waals surface area contributed by atoms with Gasteiger partial charge in [0.2, 0.25) is 0 Å². The van der Waals surface area contributed by atoms with E-state index >= 15 is 0 Å². The van der Waals surface area contributed by atoms with Crippen LogP contribution in [0.4, 0.5) is 0 Å². The Hall–Kier alpha value is -1.06. The molecule has 0 spiro atoms. The van der Waals surface area contributed by atoms with E-state index in [1.807, 2.05) is 38.1 Å². The summed E-state index contributed by atoms with van der Waals surface area (Å²) in [6.07, 6.45) is 3.93. The maximum atomic E-state index is 10.9. The Kier molecular flexibility index (Phi) is 5.28. The number of nitrogens with two attached hydrogens (primary N) is 1. The van der Waals surface area contributed by atoms with E-state index in [1.54, 1.807) is 0 Å². The van der Waals surface area contributed by atoms with Crippen LogP contribution in [0.3, 0.4) is 0 Å². The van der Waals surface area contributed by atoms with E-state index in [0.29, 0.717) is 6.54 Å². The molecule has 0 heterocycles. The molecule has 0 aliphatic heterocycles. The van der Waals surface area contributed by atoms with Gasteiger partial charge < -0.3 is 15.6 Å². The van der Waals surface area contributed by atoms with Gasteiger partial charge in [0.1, 0.15) is 5.75 Å². The van der Waals surface area contributed by atoms with E-state index in [2.05, 4.69) is 6.92 Å². The molecule has 0 bridgehead atoms. The monoisotopic (exact) mass is 291 g/mol. The maximum Gasteiger partial charge on any atom is 0.120 e. The fraction of sp³-hybridized carbons (Fsp3) is 0.667. The third kappa shape index (κ3) is 3.78. The number of rotatable bonds is 5. The van der Waals surface area contributed by atoms with Gasteiger partial charge in [-0.3, -0.25) is 0 Å². The van der Waals surface area contributed by atoms with Crippen LogP contribution >= 0.6 is 0 Å². The van der Waals surface area contributed by atoms with Gasteiger partial charge in [-0.15, -0.1) is 0 Å². The Balaban J connectivity index is 2.19. The van der Waals surface area contributed by atoms with E-state index < -0.39 is 6.10 Å². The van der Waals surface area contributed by atoms with Gasteiger partial charge in [-0.25, -0.2) is 0 Å². The number of aliphatic hydroxyl groups excluding tert-OH is 1. The van der Waals surface area contributed by atoms with Gasteiger partial charge in [0, 0.05) is 12.0 Å². The Labute approximate surface area is 128 Å². The number of benzene rings is 1. The standard InChI is InChI=1S/C18H29NO2/c1-13(2)21-16-6-4-5-15(11-16)17(20)18(12-19)9-7-14(3)8-10-18/h4-6,11,13-14,17,20H,7-10,12,19H2,1-3H3. The number of hydrogen-bond acceptors (Lipinski definition) is 3. The van der Waals surface area contributed by atoms with Crippen LogP contribution in [-0.4, -0.2) is 17.8 Å². The molecule has 1 aliphatic carbocycles. The highest BCUT2D eigenvalue weighted by Crippen LogP contribution is 2.47. The third-order valence-electron chi connectivity index (χ3n) is 4.80. The molecule has 1 atom stereocenters. The highest BCUT2D eigenvalue weighted by atomic mass is 16.5. The molecule has 0 radical (unpaired) electrons. The molecule has 3 heteroatoms. The van der Waals surface area contributed by atoms with Gasteiger partial charge in [-0.1, -0.05) is 31.9 Å². The number of ether oxygens (including phenoxy) is 1. The molecule has 21 heavy (non-hydrogen) atoms. The SMILES string of the molecule is CC1CCC(CN)(C(O)c2cccc(OC(C)C)c2)CC1. The zero-order chi connectivity index (χ0) is 15.5. The van der Waals surface area contributed by atoms with E-state index in [4.69, 9.17) is 10.5 Å². The Morgan fingerprint density at radius 2 is 2.00 bits per heavy atom. The van der Waals surface area contributed by atoms with Crippen molar-refractivity contribution in [2.75, 3.05) is 6.54 Å². The van der Waals surface area contributed by atoms with Crippen molar-refractivity contribution in [3.8, 4) is 5.75 Å². The van der Waals surface area contributed by atoms with Crippen LogP contribution in [0.15, 0.2) is 24.3 Å². The molecular formula is C18H29NO2. The lowest BCUT2D eigenvalue weighted by Crippen LogP contribution is -2.40. The highest BCUT2D eigenvalue weighted by Gasteiger charge is 2.40. The topological polar surface area (TPSA) is 55.5 Å². The van der Waals surface area contributed by atoms with Gasteiger partial charge in [0.25, 0.3) is 0 Å². The molecule has 1 saturated carbocycles. The van der Waals surface area contributed by atoms with E-state index in [-0.39, 0.29) is 11.5 Å². The fourth-order valence-corrected chi connectivity index (χ4v) is 3.31. The summed E-state index contributed by atoms with van der Waals surface area (Å²) in [4.78, 5) is 0. The van der Waals surface area contributed by atoms with Crippen molar-refractivity contribution in [3.63, 3.8) is 0 Å². The largest absolute Gasteiger partial charge is 0.491 e. The normalized spacial score (nSPS) is 27.6. The van der Waals surface area contributed by atoms with Crippen LogP contribution in [0.1, 0.15) is 58.1 Å². The fourth-order valence-electron chi connectivity index (χ4n) is 3.31. The Bertz CT molecular complexity index is 450. The van der Waals surface area contributed by atoms with Gasteiger partial charge in [-0.2, -0.15) is 0 Å². The lowest BCUT2D eigenvalue weighted by molar-refractivity contribution is -0.00834. The number of hydrogen-bond donors (Lipinski definition) is 2.